The minimum Gasteiger partial charge on any atom is -0.326 e. The molecule has 0 aliphatic rings. The number of nitrogens with zero attached hydrogens (tertiary/aromatic N) is 3. The molecule has 1 aromatic carbocycles. The van der Waals surface area contributed by atoms with Gasteiger partial charge in [0.05, 0.1) is 13.1 Å². The highest BCUT2D eigenvalue weighted by molar-refractivity contribution is 7.89. The van der Waals surface area contributed by atoms with Gasteiger partial charge in [0.2, 0.25) is 15.9 Å². The predicted octanol–water partition coefficient (Wildman–Crippen LogP) is 1.67. The van der Waals surface area contributed by atoms with Crippen molar-refractivity contribution >= 4 is 15.9 Å². The van der Waals surface area contributed by atoms with E-state index in [2.05, 4.69) is 10.9 Å². The normalized spacial score (nSPS) is 11.2. The molecule has 0 atom stereocenters. The molecule has 26 heavy (non-hydrogen) atoms. The Kier molecular flexibility index (Phi) is 6.50. The van der Waals surface area contributed by atoms with Crippen LogP contribution in [0, 0.1) is 19.3 Å². The predicted molar refractivity (Wildman–Crippen MR) is 99.5 cm³/mol. The van der Waals surface area contributed by atoms with Gasteiger partial charge in [-0.25, -0.2) is 8.42 Å². The number of hydrogen-bond acceptors (Lipinski definition) is 4. The first-order chi connectivity index (χ1) is 12.3. The molecule has 136 valence electrons. The van der Waals surface area contributed by atoms with E-state index < -0.39 is 10.0 Å². The standard InChI is InChI=1S/C19H21N3O3S/c1-4-12-22(14-17-9-7-16(2)8-10-17)19(23)15-21(3)26(24,25)18-6-5-11-20-13-18/h1,5-11,13H,12,14-15H2,2-3H3. The van der Waals surface area contributed by atoms with E-state index in [1.165, 1.54) is 36.5 Å². The molecule has 0 N–H and O–H groups in total. The number of likely N-dealkylation sites (N-methyl/N-ethyl adjacent to an activating group) is 1. The number of rotatable bonds is 7. The van der Waals surface area contributed by atoms with Crippen LogP contribution in [0.25, 0.3) is 0 Å². The summed E-state index contributed by atoms with van der Waals surface area (Å²) in [5, 5.41) is 0. The molecule has 6 nitrogen and oxygen atoms in total. The first-order valence-corrected chi connectivity index (χ1v) is 9.41. The van der Waals surface area contributed by atoms with E-state index in [1.807, 2.05) is 31.2 Å². The van der Waals surface area contributed by atoms with Gasteiger partial charge in [0.15, 0.2) is 0 Å². The van der Waals surface area contributed by atoms with Gasteiger partial charge in [0.1, 0.15) is 4.90 Å². The van der Waals surface area contributed by atoms with Crippen molar-refractivity contribution in [3.05, 3.63) is 59.9 Å². The summed E-state index contributed by atoms with van der Waals surface area (Å²) in [6.45, 7) is 2.11. The maximum atomic E-state index is 12.6. The molecule has 0 saturated heterocycles. The number of terminal acetylenes is 1. The average Bonchev–Trinajstić information content (AvgIpc) is 2.63. The van der Waals surface area contributed by atoms with Crippen LogP contribution >= 0.6 is 0 Å². The number of aromatic nitrogens is 1. The Labute approximate surface area is 154 Å². The van der Waals surface area contributed by atoms with Crippen molar-refractivity contribution in [2.45, 2.75) is 18.4 Å². The highest BCUT2D eigenvalue weighted by Crippen LogP contribution is 2.13. The summed E-state index contributed by atoms with van der Waals surface area (Å²) in [5.41, 5.74) is 2.04. The lowest BCUT2D eigenvalue weighted by Gasteiger charge is -2.24. The Morgan fingerprint density at radius 2 is 1.92 bits per heavy atom. The molecule has 2 rings (SSSR count). The Morgan fingerprint density at radius 3 is 2.50 bits per heavy atom. The van der Waals surface area contributed by atoms with Crippen molar-refractivity contribution in [1.82, 2.24) is 14.2 Å². The number of amides is 1. The first-order valence-electron chi connectivity index (χ1n) is 7.97. The van der Waals surface area contributed by atoms with Crippen LogP contribution in [-0.2, 0) is 21.4 Å². The molecule has 7 heteroatoms. The highest BCUT2D eigenvalue weighted by atomic mass is 32.2. The number of pyridine rings is 1. The van der Waals surface area contributed by atoms with Crippen molar-refractivity contribution in [1.29, 1.82) is 0 Å². The first kappa shape index (κ1) is 19.6. The molecular formula is C19H21N3O3S. The van der Waals surface area contributed by atoms with Gasteiger partial charge >= 0.3 is 0 Å². The summed E-state index contributed by atoms with van der Waals surface area (Å²) >= 11 is 0. The van der Waals surface area contributed by atoms with E-state index in [1.54, 1.807) is 0 Å². The van der Waals surface area contributed by atoms with E-state index >= 15 is 0 Å². The topological polar surface area (TPSA) is 70.6 Å². The number of hydrogen-bond donors (Lipinski definition) is 0. The highest BCUT2D eigenvalue weighted by Gasteiger charge is 2.25. The fourth-order valence-electron chi connectivity index (χ4n) is 2.31. The van der Waals surface area contributed by atoms with Crippen LogP contribution in [0.5, 0.6) is 0 Å². The maximum Gasteiger partial charge on any atom is 0.244 e. The zero-order valence-corrected chi connectivity index (χ0v) is 15.6. The van der Waals surface area contributed by atoms with Crippen molar-refractivity contribution in [2.24, 2.45) is 0 Å². The Hall–Kier alpha value is -2.69. The lowest BCUT2D eigenvalue weighted by Crippen LogP contribution is -2.41. The van der Waals surface area contributed by atoms with Gasteiger partial charge in [-0.1, -0.05) is 35.7 Å². The van der Waals surface area contributed by atoms with Crippen LogP contribution in [-0.4, -0.2) is 48.7 Å². The van der Waals surface area contributed by atoms with Gasteiger partial charge in [-0.3, -0.25) is 9.78 Å². The monoisotopic (exact) mass is 371 g/mol. The summed E-state index contributed by atoms with van der Waals surface area (Å²) in [4.78, 5) is 17.9. The SMILES string of the molecule is C#CCN(Cc1ccc(C)cc1)C(=O)CN(C)S(=O)(=O)c1cccnc1. The molecule has 0 aliphatic carbocycles. The number of benzene rings is 1. The van der Waals surface area contributed by atoms with E-state index in [-0.39, 0.29) is 23.9 Å². The van der Waals surface area contributed by atoms with E-state index in [4.69, 9.17) is 6.42 Å². The molecule has 0 spiro atoms. The summed E-state index contributed by atoms with van der Waals surface area (Å²) in [5.74, 6) is 2.09. The molecule has 1 aromatic heterocycles. The van der Waals surface area contributed by atoms with Gasteiger partial charge < -0.3 is 4.90 Å². The minimum atomic E-state index is -3.79. The minimum absolute atomic E-state index is 0.0392. The molecule has 0 fully saturated rings. The molecule has 2 aromatic rings. The lowest BCUT2D eigenvalue weighted by atomic mass is 10.1. The van der Waals surface area contributed by atoms with Crippen molar-refractivity contribution in [3.8, 4) is 12.3 Å². The molecule has 0 radical (unpaired) electrons. The van der Waals surface area contributed by atoms with Crippen molar-refractivity contribution in [2.75, 3.05) is 20.1 Å². The van der Waals surface area contributed by atoms with Gasteiger partial charge in [-0.05, 0) is 24.6 Å². The third-order valence-corrected chi connectivity index (χ3v) is 5.62. The lowest BCUT2D eigenvalue weighted by molar-refractivity contribution is -0.131. The quantitative estimate of drug-likeness (QED) is 0.694. The second-order valence-electron chi connectivity index (χ2n) is 5.89. The molecule has 1 heterocycles. The zero-order valence-electron chi connectivity index (χ0n) is 14.8. The number of sulfonamides is 1. The molecule has 0 saturated carbocycles. The largest absolute Gasteiger partial charge is 0.326 e. The van der Waals surface area contributed by atoms with Crippen LogP contribution in [0.1, 0.15) is 11.1 Å². The number of aryl methyl sites for hydroxylation is 1. The summed E-state index contributed by atoms with van der Waals surface area (Å²) in [7, 11) is -2.43. The van der Waals surface area contributed by atoms with Crippen LogP contribution in [0.3, 0.4) is 0 Å². The summed E-state index contributed by atoms with van der Waals surface area (Å²) in [6, 6.07) is 10.7. The molecule has 0 bridgehead atoms. The number of carbonyl (C=O) groups excluding carboxylic acids is 1. The molecule has 0 unspecified atom stereocenters. The Bertz CT molecular complexity index is 888. The van der Waals surface area contributed by atoms with E-state index in [0.29, 0.717) is 6.54 Å². The van der Waals surface area contributed by atoms with Gasteiger partial charge in [0, 0.05) is 26.0 Å². The fourth-order valence-corrected chi connectivity index (χ4v) is 3.40. The smallest absolute Gasteiger partial charge is 0.244 e. The summed E-state index contributed by atoms with van der Waals surface area (Å²) < 4.78 is 26.0. The van der Waals surface area contributed by atoms with Crippen molar-refractivity contribution < 1.29 is 13.2 Å². The Morgan fingerprint density at radius 1 is 1.23 bits per heavy atom. The van der Waals surface area contributed by atoms with Crippen LogP contribution < -0.4 is 0 Å². The Balaban J connectivity index is 2.11. The van der Waals surface area contributed by atoms with Gasteiger partial charge in [-0.2, -0.15) is 4.31 Å². The second-order valence-corrected chi connectivity index (χ2v) is 7.93. The third kappa shape index (κ3) is 4.91. The van der Waals surface area contributed by atoms with E-state index in [0.717, 1.165) is 15.4 Å². The maximum absolute atomic E-state index is 12.6. The second kappa shape index (κ2) is 8.61. The molecular weight excluding hydrogens is 350 g/mol. The van der Waals surface area contributed by atoms with Gasteiger partial charge in [0.25, 0.3) is 0 Å². The van der Waals surface area contributed by atoms with Crippen LogP contribution in [0.2, 0.25) is 0 Å². The fraction of sp³-hybridized carbons (Fsp3) is 0.263. The van der Waals surface area contributed by atoms with E-state index in [9.17, 15) is 13.2 Å². The number of carbonyl (C=O) groups is 1. The average molecular weight is 371 g/mol. The third-order valence-electron chi connectivity index (χ3n) is 3.83. The molecule has 0 aliphatic heterocycles. The molecule has 1 amide bonds. The zero-order chi connectivity index (χ0) is 19.2. The van der Waals surface area contributed by atoms with Gasteiger partial charge in [-0.15, -0.1) is 6.42 Å². The van der Waals surface area contributed by atoms with Crippen LogP contribution in [0.4, 0.5) is 0 Å². The van der Waals surface area contributed by atoms with Crippen LogP contribution in [0.15, 0.2) is 53.7 Å². The summed E-state index contributed by atoms with van der Waals surface area (Å²) in [6.07, 6.45) is 8.11. The van der Waals surface area contributed by atoms with Crippen molar-refractivity contribution in [3.63, 3.8) is 0 Å².